The Labute approximate surface area is 153 Å². The number of rotatable bonds is 2. The summed E-state index contributed by atoms with van der Waals surface area (Å²) in [5, 5.41) is 0. The molecule has 0 aliphatic carbocycles. The quantitative estimate of drug-likeness (QED) is 0.782. The molecule has 0 bridgehead atoms. The van der Waals surface area contributed by atoms with Crippen LogP contribution in [0.5, 0.6) is 0 Å². The summed E-state index contributed by atoms with van der Waals surface area (Å²) in [4.78, 5) is 7.21. The van der Waals surface area contributed by atoms with Gasteiger partial charge in [0.25, 0.3) is 0 Å². The van der Waals surface area contributed by atoms with Crippen LogP contribution in [-0.4, -0.2) is 40.8 Å². The van der Waals surface area contributed by atoms with E-state index in [0.29, 0.717) is 0 Å². The highest BCUT2D eigenvalue weighted by atomic mass is 16.7. The molecule has 6 heteroatoms. The molecule has 5 nitrogen and oxygen atoms in total. The SMILES string of the molecule is [2H]c1nc(N2C([2H])([2H])C([2H])([2H])C([2H])([2H])C([2H])([2H])C2([2H])C([2H])([2H])[2H])nc([2H])c1B1OC(C)(C)C(C)(C)O1. The molecule has 2 fully saturated rings. The molecule has 0 amide bonds. The molecule has 1 aromatic rings. The molecular weight excluding hydrogens is 277 g/mol. The van der Waals surface area contributed by atoms with E-state index in [2.05, 4.69) is 9.97 Å². The van der Waals surface area contributed by atoms with Gasteiger partial charge in [-0.05, 0) is 53.7 Å². The van der Waals surface area contributed by atoms with Crippen molar-refractivity contribution < 1.29 is 28.5 Å². The van der Waals surface area contributed by atoms with Crippen molar-refractivity contribution in [2.45, 2.75) is 70.9 Å². The van der Waals surface area contributed by atoms with Gasteiger partial charge in [-0.2, -0.15) is 0 Å². The molecule has 0 aromatic carbocycles. The van der Waals surface area contributed by atoms with Crippen molar-refractivity contribution in [3.63, 3.8) is 0 Å². The predicted octanol–water partition coefficient (Wildman–Crippen LogP) is 2.15. The van der Waals surface area contributed by atoms with Gasteiger partial charge in [0.05, 0.1) is 15.3 Å². The Bertz CT molecular complexity index is 1040. The average Bonchev–Trinajstić information content (AvgIpc) is 2.85. The molecule has 0 N–H and O–H groups in total. The summed E-state index contributed by atoms with van der Waals surface area (Å²) in [5.41, 5.74) is -2.07. The topological polar surface area (TPSA) is 47.5 Å². The van der Waals surface area contributed by atoms with E-state index < -0.39 is 75.1 Å². The standard InChI is InChI=1S/C16H26BN3O2/c1-12-8-6-7-9-20(12)14-18-10-13(11-19-14)17-21-15(2,3)16(4,5)22-17/h10-12H,6-9H2,1-5H3/i1D3,6D2,7D2,8D2,9D2,10D,11D,12D. The van der Waals surface area contributed by atoms with Gasteiger partial charge >= 0.3 is 7.12 Å². The summed E-state index contributed by atoms with van der Waals surface area (Å²) in [6.07, 6.45) is -13.0. The number of hydrogen-bond acceptors (Lipinski definition) is 5. The number of nitrogens with zero attached hydrogens (tertiary/aromatic N) is 3. The summed E-state index contributed by atoms with van der Waals surface area (Å²) < 4.78 is 126. The van der Waals surface area contributed by atoms with Crippen LogP contribution in [0.4, 0.5) is 5.95 Å². The molecule has 2 saturated heterocycles. The molecule has 0 spiro atoms. The van der Waals surface area contributed by atoms with E-state index in [1.165, 1.54) is 0 Å². The van der Waals surface area contributed by atoms with Gasteiger partial charge in [0.15, 0.2) is 0 Å². The zero-order valence-corrected chi connectivity index (χ0v) is 12.7. The molecule has 1 atom stereocenters. The molecular formula is C16H26BN3O2. The molecule has 0 radical (unpaired) electrons. The van der Waals surface area contributed by atoms with Crippen LogP contribution in [0, 0.1) is 0 Å². The van der Waals surface area contributed by atoms with Crippen LogP contribution in [0.15, 0.2) is 12.3 Å². The van der Waals surface area contributed by atoms with Crippen molar-refractivity contribution in [2.24, 2.45) is 0 Å². The summed E-state index contributed by atoms with van der Waals surface area (Å²) in [6.45, 7) is -0.655. The third-order valence-electron chi connectivity index (χ3n) is 3.88. The molecule has 1 unspecified atom stereocenters. The maximum atomic E-state index is 8.61. The third kappa shape index (κ3) is 2.74. The summed E-state index contributed by atoms with van der Waals surface area (Å²) in [5.74, 6) is -1.15. The smallest absolute Gasteiger partial charge is 0.399 e. The van der Waals surface area contributed by atoms with Gasteiger partial charge in [-0.15, -0.1) is 0 Å². The largest absolute Gasteiger partial charge is 0.498 e. The number of aromatic nitrogens is 2. The Balaban J connectivity index is 2.29. The van der Waals surface area contributed by atoms with Crippen LogP contribution in [0.1, 0.15) is 72.9 Å². The Morgan fingerprint density at radius 1 is 1.32 bits per heavy atom. The van der Waals surface area contributed by atoms with E-state index in [1.807, 2.05) is 0 Å². The van der Waals surface area contributed by atoms with Gasteiger partial charge in [-0.1, -0.05) is 0 Å². The lowest BCUT2D eigenvalue weighted by Crippen LogP contribution is -2.41. The first kappa shape index (κ1) is 6.06. The average molecular weight is 317 g/mol. The molecule has 3 rings (SSSR count). The minimum absolute atomic E-state index is 0.224. The van der Waals surface area contributed by atoms with Gasteiger partial charge in [-0.25, -0.2) is 9.97 Å². The number of hydrogen-bond donors (Lipinski definition) is 0. The Hall–Kier alpha value is -1.14. The second kappa shape index (κ2) is 5.50. The zero-order chi connectivity index (χ0) is 28.3. The van der Waals surface area contributed by atoms with Crippen LogP contribution in [0.25, 0.3) is 0 Å². The molecule has 1 aromatic heterocycles. The minimum Gasteiger partial charge on any atom is -0.399 e. The van der Waals surface area contributed by atoms with Crippen LogP contribution in [-0.2, 0) is 9.31 Å². The van der Waals surface area contributed by atoms with Crippen molar-refractivity contribution in [3.05, 3.63) is 12.3 Å². The van der Waals surface area contributed by atoms with Gasteiger partial charge in [-0.3, -0.25) is 0 Å². The van der Waals surface area contributed by atoms with Crippen LogP contribution >= 0.6 is 0 Å². The fourth-order valence-electron chi connectivity index (χ4n) is 1.87. The van der Waals surface area contributed by atoms with E-state index >= 15 is 0 Å². The molecule has 120 valence electrons. The lowest BCUT2D eigenvalue weighted by atomic mass is 9.81. The minimum atomic E-state index is -3.86. The fraction of sp³-hybridized carbons (Fsp3) is 0.750. The lowest BCUT2D eigenvalue weighted by Gasteiger charge is -2.33. The molecule has 2 aliphatic heterocycles. The van der Waals surface area contributed by atoms with E-state index in [9.17, 15) is 0 Å². The Morgan fingerprint density at radius 3 is 2.55 bits per heavy atom. The van der Waals surface area contributed by atoms with Crippen molar-refractivity contribution in [1.82, 2.24) is 9.97 Å². The van der Waals surface area contributed by atoms with Gasteiger partial charge in [0.1, 0.15) is 0 Å². The van der Waals surface area contributed by atoms with E-state index in [-0.39, 0.29) is 10.4 Å². The maximum absolute atomic E-state index is 8.61. The zero-order valence-electron chi connectivity index (χ0n) is 26.7. The van der Waals surface area contributed by atoms with Gasteiger partial charge in [0, 0.05) is 45.4 Å². The van der Waals surface area contributed by atoms with Crippen molar-refractivity contribution >= 4 is 18.5 Å². The highest BCUT2D eigenvalue weighted by Gasteiger charge is 2.52. The summed E-state index contributed by atoms with van der Waals surface area (Å²) >= 11 is 0. The lowest BCUT2D eigenvalue weighted by molar-refractivity contribution is 0.00578. The highest BCUT2D eigenvalue weighted by Crippen LogP contribution is 2.36. The molecule has 22 heavy (non-hydrogen) atoms. The maximum Gasteiger partial charge on any atom is 0.498 e. The summed E-state index contributed by atoms with van der Waals surface area (Å²) in [7, 11) is -1.31. The first-order valence-electron chi connectivity index (χ1n) is 13.7. The number of anilines is 1. The van der Waals surface area contributed by atoms with E-state index in [1.54, 1.807) is 27.7 Å². The van der Waals surface area contributed by atoms with Crippen LogP contribution in [0.2, 0.25) is 0 Å². The Kier molecular flexibility index (Phi) is 1.51. The van der Waals surface area contributed by atoms with Gasteiger partial charge in [0.2, 0.25) is 5.95 Å². The monoisotopic (exact) mass is 317 g/mol. The van der Waals surface area contributed by atoms with Crippen molar-refractivity contribution in [2.75, 3.05) is 11.4 Å². The second-order valence-electron chi connectivity index (χ2n) is 5.92. The third-order valence-corrected chi connectivity index (χ3v) is 3.88. The Morgan fingerprint density at radius 2 is 1.95 bits per heavy atom. The number of piperidine rings is 1. The molecule has 3 heterocycles. The van der Waals surface area contributed by atoms with E-state index in [4.69, 9.17) is 28.5 Å². The van der Waals surface area contributed by atoms with E-state index in [0.717, 1.165) is 0 Å². The molecule has 0 saturated carbocycles. The summed E-state index contributed by atoms with van der Waals surface area (Å²) in [6, 6.07) is -3.82. The van der Waals surface area contributed by atoms with Crippen LogP contribution in [0.3, 0.4) is 0 Å². The first-order valence-corrected chi connectivity index (χ1v) is 6.73. The molecule has 2 aliphatic rings. The predicted molar refractivity (Wildman–Crippen MR) is 88.4 cm³/mol. The van der Waals surface area contributed by atoms with Crippen molar-refractivity contribution in [3.8, 4) is 0 Å². The second-order valence-corrected chi connectivity index (χ2v) is 5.92. The van der Waals surface area contributed by atoms with Gasteiger partial charge < -0.3 is 14.2 Å². The fourth-order valence-corrected chi connectivity index (χ4v) is 1.87. The first-order chi connectivity index (χ1) is 15.7. The normalized spacial score (nSPS) is 49.6. The highest BCUT2D eigenvalue weighted by molar-refractivity contribution is 6.61. The van der Waals surface area contributed by atoms with Crippen molar-refractivity contribution in [1.29, 1.82) is 0 Å². The van der Waals surface area contributed by atoms with Crippen LogP contribution < -0.4 is 10.4 Å².